The fraction of sp³-hybridized carbons (Fsp3) is 0.529. The summed E-state index contributed by atoms with van der Waals surface area (Å²) in [5.74, 6) is -0.0985. The van der Waals surface area contributed by atoms with E-state index in [2.05, 4.69) is 26.6 Å². The molecule has 1 aromatic rings. The molecule has 6 heteroatoms. The van der Waals surface area contributed by atoms with Crippen molar-refractivity contribution in [2.45, 2.75) is 45.4 Å². The first kappa shape index (κ1) is 19.6. The van der Waals surface area contributed by atoms with Crippen molar-refractivity contribution < 1.29 is 9.59 Å². The Labute approximate surface area is 146 Å². The smallest absolute Gasteiger partial charge is 0.226 e. The van der Waals surface area contributed by atoms with Gasteiger partial charge < -0.3 is 16.4 Å². The molecule has 0 fully saturated rings. The van der Waals surface area contributed by atoms with Crippen molar-refractivity contribution in [2.75, 3.05) is 18.4 Å². The molecule has 1 aromatic carbocycles. The molecule has 1 rings (SSSR count). The van der Waals surface area contributed by atoms with Crippen LogP contribution in [0.5, 0.6) is 0 Å². The Morgan fingerprint density at radius 1 is 1.09 bits per heavy atom. The van der Waals surface area contributed by atoms with E-state index in [9.17, 15) is 9.59 Å². The lowest BCUT2D eigenvalue weighted by Gasteiger charge is -2.09. The minimum Gasteiger partial charge on any atom is -0.356 e. The predicted octanol–water partition coefficient (Wildman–Crippen LogP) is 3.11. The zero-order valence-corrected chi connectivity index (χ0v) is 15.2. The third-order valence-corrected chi connectivity index (χ3v) is 4.00. The van der Waals surface area contributed by atoms with Gasteiger partial charge in [0.15, 0.2) is 0 Å². The first-order valence-corrected chi connectivity index (χ1v) is 8.85. The molecule has 0 aliphatic heterocycles. The number of rotatable bonds is 10. The van der Waals surface area contributed by atoms with Crippen LogP contribution in [0.15, 0.2) is 22.7 Å². The van der Waals surface area contributed by atoms with Gasteiger partial charge in [-0.25, -0.2) is 0 Å². The minimum atomic E-state index is -0.102. The van der Waals surface area contributed by atoms with Gasteiger partial charge in [0.05, 0.1) is 0 Å². The Hall–Kier alpha value is -1.40. The summed E-state index contributed by atoms with van der Waals surface area (Å²) in [6.07, 6.45) is 4.75. The monoisotopic (exact) mass is 383 g/mol. The topological polar surface area (TPSA) is 84.2 Å². The van der Waals surface area contributed by atoms with Crippen LogP contribution < -0.4 is 16.4 Å². The van der Waals surface area contributed by atoms with Crippen LogP contribution in [0.25, 0.3) is 0 Å². The Kier molecular flexibility index (Phi) is 9.55. The molecule has 23 heavy (non-hydrogen) atoms. The number of hydrogen-bond acceptors (Lipinski definition) is 3. The average molecular weight is 384 g/mol. The molecule has 0 bridgehead atoms. The van der Waals surface area contributed by atoms with Crippen molar-refractivity contribution in [1.82, 2.24) is 5.32 Å². The summed E-state index contributed by atoms with van der Waals surface area (Å²) in [6.45, 7) is 3.01. The number of amides is 2. The Morgan fingerprint density at radius 2 is 1.83 bits per heavy atom. The standard InChI is InChI=1S/C17H26BrN3O2/c1-13-7-8-14(18)12-15(13)21-17(23)9-11-20-16(22)6-4-2-3-5-10-19/h7-8,12H,2-6,9-11,19H2,1H3,(H,20,22)(H,21,23). The van der Waals surface area contributed by atoms with Gasteiger partial charge in [-0.05, 0) is 44.0 Å². The van der Waals surface area contributed by atoms with E-state index in [0.29, 0.717) is 19.5 Å². The van der Waals surface area contributed by atoms with Crippen LogP contribution in [0, 0.1) is 6.92 Å². The number of unbranched alkanes of at least 4 members (excludes halogenated alkanes) is 3. The number of hydrogen-bond donors (Lipinski definition) is 3. The number of anilines is 1. The highest BCUT2D eigenvalue weighted by Crippen LogP contribution is 2.20. The number of nitrogens with two attached hydrogens (primary N) is 1. The minimum absolute atomic E-state index is 0.00387. The second kappa shape index (κ2) is 11.2. The van der Waals surface area contributed by atoms with E-state index < -0.39 is 0 Å². The summed E-state index contributed by atoms with van der Waals surface area (Å²) in [7, 11) is 0. The van der Waals surface area contributed by atoms with Crippen molar-refractivity contribution in [2.24, 2.45) is 5.73 Å². The zero-order valence-electron chi connectivity index (χ0n) is 13.7. The van der Waals surface area contributed by atoms with Crippen LogP contribution >= 0.6 is 15.9 Å². The van der Waals surface area contributed by atoms with Crippen LogP contribution in [-0.2, 0) is 9.59 Å². The van der Waals surface area contributed by atoms with Gasteiger partial charge in [-0.15, -0.1) is 0 Å². The molecule has 4 N–H and O–H groups in total. The first-order valence-electron chi connectivity index (χ1n) is 8.05. The molecule has 2 amide bonds. The molecular weight excluding hydrogens is 358 g/mol. The van der Waals surface area contributed by atoms with E-state index in [1.54, 1.807) is 0 Å². The second-order valence-corrected chi connectivity index (χ2v) is 6.48. The van der Waals surface area contributed by atoms with Crippen molar-refractivity contribution in [1.29, 1.82) is 0 Å². The maximum atomic E-state index is 11.9. The van der Waals surface area contributed by atoms with Crippen LogP contribution in [0.2, 0.25) is 0 Å². The molecule has 0 radical (unpaired) electrons. The molecule has 0 aromatic heterocycles. The number of carbonyl (C=O) groups is 2. The summed E-state index contributed by atoms with van der Waals surface area (Å²) in [4.78, 5) is 23.5. The van der Waals surface area contributed by atoms with Gasteiger partial charge in [0.2, 0.25) is 11.8 Å². The number of nitrogens with one attached hydrogen (secondary N) is 2. The lowest BCUT2D eigenvalue weighted by molar-refractivity contribution is -0.121. The van der Waals surface area contributed by atoms with E-state index in [-0.39, 0.29) is 18.2 Å². The lowest BCUT2D eigenvalue weighted by Crippen LogP contribution is -2.27. The molecular formula is C17H26BrN3O2. The quantitative estimate of drug-likeness (QED) is 0.542. The van der Waals surface area contributed by atoms with Crippen molar-refractivity contribution in [3.63, 3.8) is 0 Å². The molecule has 128 valence electrons. The van der Waals surface area contributed by atoms with Crippen LogP contribution in [-0.4, -0.2) is 24.9 Å². The highest BCUT2D eigenvalue weighted by Gasteiger charge is 2.07. The second-order valence-electron chi connectivity index (χ2n) is 5.56. The summed E-state index contributed by atoms with van der Waals surface area (Å²) >= 11 is 3.38. The number of halogens is 1. The molecule has 5 nitrogen and oxygen atoms in total. The first-order chi connectivity index (χ1) is 11.0. The molecule has 0 saturated carbocycles. The fourth-order valence-corrected chi connectivity index (χ4v) is 2.49. The molecule has 0 heterocycles. The van der Waals surface area contributed by atoms with Gasteiger partial charge in [-0.1, -0.05) is 34.8 Å². The highest BCUT2D eigenvalue weighted by atomic mass is 79.9. The zero-order chi connectivity index (χ0) is 17.1. The van der Waals surface area contributed by atoms with Gasteiger partial charge in [-0.2, -0.15) is 0 Å². The molecule has 0 atom stereocenters. The van der Waals surface area contributed by atoms with Gasteiger partial charge in [0, 0.05) is 29.5 Å². The number of aryl methyl sites for hydroxylation is 1. The van der Waals surface area contributed by atoms with E-state index in [1.807, 2.05) is 25.1 Å². The van der Waals surface area contributed by atoms with Gasteiger partial charge in [0.1, 0.15) is 0 Å². The largest absolute Gasteiger partial charge is 0.356 e. The van der Waals surface area contributed by atoms with Crippen molar-refractivity contribution in [3.8, 4) is 0 Å². The predicted molar refractivity (Wildman–Crippen MR) is 97.3 cm³/mol. The SMILES string of the molecule is Cc1ccc(Br)cc1NC(=O)CCNC(=O)CCCCCCN. The van der Waals surface area contributed by atoms with E-state index in [1.165, 1.54) is 0 Å². The Morgan fingerprint density at radius 3 is 2.57 bits per heavy atom. The Bertz CT molecular complexity index is 521. The summed E-state index contributed by atoms with van der Waals surface area (Å²) in [5.41, 5.74) is 7.21. The molecule has 0 unspecified atom stereocenters. The number of benzene rings is 1. The van der Waals surface area contributed by atoms with Crippen molar-refractivity contribution in [3.05, 3.63) is 28.2 Å². The Balaban J connectivity index is 2.18. The van der Waals surface area contributed by atoms with Crippen LogP contribution in [0.1, 0.15) is 44.1 Å². The van der Waals surface area contributed by atoms with Crippen LogP contribution in [0.4, 0.5) is 5.69 Å². The third-order valence-electron chi connectivity index (χ3n) is 3.51. The normalized spacial score (nSPS) is 10.4. The molecule has 0 spiro atoms. The highest BCUT2D eigenvalue weighted by molar-refractivity contribution is 9.10. The van der Waals surface area contributed by atoms with Crippen LogP contribution in [0.3, 0.4) is 0 Å². The van der Waals surface area contributed by atoms with E-state index in [0.717, 1.165) is 41.4 Å². The average Bonchev–Trinajstić information content (AvgIpc) is 2.50. The molecule has 0 saturated heterocycles. The molecule has 0 aliphatic rings. The van der Waals surface area contributed by atoms with Gasteiger partial charge in [0.25, 0.3) is 0 Å². The van der Waals surface area contributed by atoms with Gasteiger partial charge >= 0.3 is 0 Å². The maximum absolute atomic E-state index is 11.9. The summed E-state index contributed by atoms with van der Waals surface area (Å²) in [6, 6.07) is 5.73. The van der Waals surface area contributed by atoms with Gasteiger partial charge in [-0.3, -0.25) is 9.59 Å². The van der Waals surface area contributed by atoms with Crippen molar-refractivity contribution >= 4 is 33.4 Å². The van der Waals surface area contributed by atoms with E-state index in [4.69, 9.17) is 5.73 Å². The fourth-order valence-electron chi connectivity index (χ4n) is 2.13. The number of carbonyl (C=O) groups excluding carboxylic acids is 2. The summed E-state index contributed by atoms with van der Waals surface area (Å²) in [5, 5.41) is 5.64. The third kappa shape index (κ3) is 8.71. The molecule has 0 aliphatic carbocycles. The maximum Gasteiger partial charge on any atom is 0.226 e. The van der Waals surface area contributed by atoms with E-state index >= 15 is 0 Å². The summed E-state index contributed by atoms with van der Waals surface area (Å²) < 4.78 is 0.918. The lowest BCUT2D eigenvalue weighted by atomic mass is 10.1.